The van der Waals surface area contributed by atoms with E-state index in [1.165, 1.54) is 0 Å². The molecule has 2 aliphatic heterocycles. The first-order valence-corrected chi connectivity index (χ1v) is 9.02. The van der Waals surface area contributed by atoms with Crippen LogP contribution in [0.15, 0.2) is 11.1 Å². The molecule has 0 amide bonds. The zero-order valence-corrected chi connectivity index (χ0v) is 14.8. The Bertz CT molecular complexity index is 650. The van der Waals surface area contributed by atoms with Crippen LogP contribution in [-0.2, 0) is 19.1 Å². The number of carbonyl (C=O) groups excluding carboxylic acids is 2. The third kappa shape index (κ3) is 1.79. The van der Waals surface area contributed by atoms with Gasteiger partial charge in [0.1, 0.15) is 18.3 Å². The molecule has 0 bridgehead atoms. The number of hydrogen-bond acceptors (Lipinski definition) is 5. The quantitative estimate of drug-likeness (QED) is 0.589. The summed E-state index contributed by atoms with van der Waals surface area (Å²) in [5.41, 5.74) is 0.958. The highest BCUT2D eigenvalue weighted by atomic mass is 16.6. The summed E-state index contributed by atoms with van der Waals surface area (Å²) in [5, 5.41) is 11.1. The van der Waals surface area contributed by atoms with Crippen molar-refractivity contribution in [2.24, 2.45) is 22.7 Å². The predicted octanol–water partition coefficient (Wildman–Crippen LogP) is 2.37. The molecule has 4 aliphatic rings. The van der Waals surface area contributed by atoms with Crippen LogP contribution in [0.1, 0.15) is 53.4 Å². The van der Waals surface area contributed by atoms with E-state index in [4.69, 9.17) is 9.47 Å². The largest absolute Gasteiger partial charge is 0.458 e. The van der Waals surface area contributed by atoms with Gasteiger partial charge in [-0.3, -0.25) is 9.59 Å². The van der Waals surface area contributed by atoms with Crippen LogP contribution < -0.4 is 0 Å². The number of fused-ring (bicyclic) bond motifs is 1. The molecule has 24 heavy (non-hydrogen) atoms. The number of carbonyl (C=O) groups is 2. The predicted molar refractivity (Wildman–Crippen MR) is 85.8 cm³/mol. The van der Waals surface area contributed by atoms with Gasteiger partial charge in [0.25, 0.3) is 0 Å². The van der Waals surface area contributed by atoms with E-state index in [9.17, 15) is 14.7 Å². The normalized spacial score (nSPS) is 47.2. The van der Waals surface area contributed by atoms with E-state index >= 15 is 0 Å². The van der Waals surface area contributed by atoms with Crippen molar-refractivity contribution in [1.29, 1.82) is 0 Å². The molecule has 5 heteroatoms. The summed E-state index contributed by atoms with van der Waals surface area (Å²) in [5.74, 6) is -0.424. The number of ether oxygens (including phenoxy) is 2. The molecule has 1 saturated heterocycles. The van der Waals surface area contributed by atoms with Gasteiger partial charge in [0.2, 0.25) is 0 Å². The summed E-state index contributed by atoms with van der Waals surface area (Å²) < 4.78 is 11.3. The zero-order chi connectivity index (χ0) is 17.4. The number of hydrogen-bond donors (Lipinski definition) is 1. The van der Waals surface area contributed by atoms with Crippen molar-refractivity contribution in [3.63, 3.8) is 0 Å². The Balaban J connectivity index is 1.92. The highest BCUT2D eigenvalue weighted by Crippen LogP contribution is 2.65. The third-order valence-electron chi connectivity index (χ3n) is 6.96. The van der Waals surface area contributed by atoms with E-state index in [-0.39, 0.29) is 35.6 Å². The molecule has 0 radical (unpaired) electrons. The lowest BCUT2D eigenvalue weighted by molar-refractivity contribution is -0.157. The molecule has 5 nitrogen and oxygen atoms in total. The first kappa shape index (κ1) is 16.1. The first-order valence-electron chi connectivity index (χ1n) is 9.02. The van der Waals surface area contributed by atoms with Crippen LogP contribution >= 0.6 is 0 Å². The molecule has 1 N–H and O–H groups in total. The van der Waals surface area contributed by atoms with Gasteiger partial charge < -0.3 is 14.6 Å². The van der Waals surface area contributed by atoms with Crippen LogP contribution in [0.4, 0.5) is 0 Å². The number of rotatable bonds is 1. The first-order chi connectivity index (χ1) is 11.2. The Kier molecular flexibility index (Phi) is 3.25. The number of esters is 2. The molecule has 132 valence electrons. The minimum atomic E-state index is -0.873. The smallest absolute Gasteiger partial charge is 0.312 e. The number of aliphatic hydroxyl groups is 1. The molecule has 1 saturated carbocycles. The number of cyclic esters (lactones) is 1. The fourth-order valence-electron chi connectivity index (χ4n) is 5.92. The molecular weight excluding hydrogens is 308 g/mol. The molecule has 0 aromatic heterocycles. The van der Waals surface area contributed by atoms with Gasteiger partial charge in [-0.25, -0.2) is 0 Å². The van der Waals surface area contributed by atoms with E-state index in [0.29, 0.717) is 0 Å². The molecule has 4 rings (SSSR count). The van der Waals surface area contributed by atoms with Crippen molar-refractivity contribution in [1.82, 2.24) is 0 Å². The maximum absolute atomic E-state index is 12.6. The SMILES string of the molecule is CC(C)[C@H]1OC(=O)CC2=C1[C@H](O)[C@H]1OC(=O)[C@@]3(C)CCC[C@@]2(C)[C@@H]13. The second kappa shape index (κ2) is 4.84. The minimum Gasteiger partial charge on any atom is -0.458 e. The van der Waals surface area contributed by atoms with Crippen molar-refractivity contribution >= 4 is 11.9 Å². The van der Waals surface area contributed by atoms with Crippen molar-refractivity contribution in [3.8, 4) is 0 Å². The van der Waals surface area contributed by atoms with Gasteiger partial charge in [-0.2, -0.15) is 0 Å². The van der Waals surface area contributed by atoms with E-state index in [2.05, 4.69) is 6.92 Å². The Labute approximate surface area is 142 Å². The van der Waals surface area contributed by atoms with Crippen molar-refractivity contribution in [3.05, 3.63) is 11.1 Å². The molecule has 0 aromatic carbocycles. The zero-order valence-electron chi connectivity index (χ0n) is 14.8. The minimum absolute atomic E-state index is 0.0705. The van der Waals surface area contributed by atoms with Gasteiger partial charge in [-0.05, 0) is 36.7 Å². The van der Waals surface area contributed by atoms with Crippen LogP contribution in [0.2, 0.25) is 0 Å². The fraction of sp³-hybridized carbons (Fsp3) is 0.789. The van der Waals surface area contributed by atoms with Gasteiger partial charge >= 0.3 is 11.9 Å². The standard InChI is InChI=1S/C19H26O5/c1-9(2)14-12-10(8-11(20)23-14)18(3)6-5-7-19(4)16(18)15(13(12)21)24-17(19)22/h9,13-16,21H,5-8H2,1-4H3/t13-,14+,15+,16+,18+,19-/m0/s1. The van der Waals surface area contributed by atoms with Gasteiger partial charge in [-0.15, -0.1) is 0 Å². The van der Waals surface area contributed by atoms with Gasteiger partial charge in [0, 0.05) is 11.5 Å². The Morgan fingerprint density at radius 1 is 1.12 bits per heavy atom. The van der Waals surface area contributed by atoms with E-state index in [1.807, 2.05) is 20.8 Å². The Morgan fingerprint density at radius 2 is 1.79 bits per heavy atom. The van der Waals surface area contributed by atoms with E-state index < -0.39 is 23.7 Å². The average Bonchev–Trinajstić information content (AvgIpc) is 2.78. The molecule has 0 unspecified atom stereocenters. The van der Waals surface area contributed by atoms with Crippen LogP contribution in [0.25, 0.3) is 0 Å². The third-order valence-corrected chi connectivity index (χ3v) is 6.96. The maximum atomic E-state index is 12.6. The Hall–Kier alpha value is -1.36. The Morgan fingerprint density at radius 3 is 2.46 bits per heavy atom. The maximum Gasteiger partial charge on any atom is 0.312 e. The summed E-state index contributed by atoms with van der Waals surface area (Å²) >= 11 is 0. The topological polar surface area (TPSA) is 72.8 Å². The monoisotopic (exact) mass is 334 g/mol. The fourth-order valence-corrected chi connectivity index (χ4v) is 5.92. The summed E-state index contributed by atoms with van der Waals surface area (Å²) in [6.07, 6.45) is 1.03. The summed E-state index contributed by atoms with van der Waals surface area (Å²) in [7, 11) is 0. The molecule has 2 aliphatic carbocycles. The lowest BCUT2D eigenvalue weighted by Gasteiger charge is -2.55. The lowest BCUT2D eigenvalue weighted by Crippen LogP contribution is -2.57. The van der Waals surface area contributed by atoms with Gasteiger partial charge in [0.05, 0.1) is 11.8 Å². The molecule has 6 atom stereocenters. The molecule has 0 spiro atoms. The van der Waals surface area contributed by atoms with E-state index in [1.54, 1.807) is 0 Å². The van der Waals surface area contributed by atoms with Crippen LogP contribution in [0.5, 0.6) is 0 Å². The van der Waals surface area contributed by atoms with Crippen LogP contribution in [-0.4, -0.2) is 35.4 Å². The lowest BCUT2D eigenvalue weighted by atomic mass is 9.48. The van der Waals surface area contributed by atoms with Crippen molar-refractivity contribution < 1.29 is 24.2 Å². The molecular formula is C19H26O5. The highest BCUT2D eigenvalue weighted by Gasteiger charge is 2.68. The average molecular weight is 334 g/mol. The van der Waals surface area contributed by atoms with E-state index in [0.717, 1.165) is 30.4 Å². The second-order valence-electron chi connectivity index (χ2n) is 8.75. The summed E-state index contributed by atoms with van der Waals surface area (Å²) in [6, 6.07) is 0. The second-order valence-corrected chi connectivity index (χ2v) is 8.75. The molecule has 2 fully saturated rings. The highest BCUT2D eigenvalue weighted by molar-refractivity contribution is 5.82. The summed E-state index contributed by atoms with van der Waals surface area (Å²) in [6.45, 7) is 8.10. The van der Waals surface area contributed by atoms with Crippen LogP contribution in [0.3, 0.4) is 0 Å². The summed E-state index contributed by atoms with van der Waals surface area (Å²) in [4.78, 5) is 24.8. The van der Waals surface area contributed by atoms with Gasteiger partial charge in [0.15, 0.2) is 0 Å². The van der Waals surface area contributed by atoms with Gasteiger partial charge in [-0.1, -0.05) is 27.2 Å². The molecule has 2 heterocycles. The van der Waals surface area contributed by atoms with Crippen LogP contribution in [0, 0.1) is 22.7 Å². The van der Waals surface area contributed by atoms with Crippen molar-refractivity contribution in [2.45, 2.75) is 71.7 Å². The molecule has 0 aromatic rings. The van der Waals surface area contributed by atoms with Crippen molar-refractivity contribution in [2.75, 3.05) is 0 Å². The number of aliphatic hydroxyl groups excluding tert-OH is 1.